The van der Waals surface area contributed by atoms with Gasteiger partial charge in [0.05, 0.1) is 38.1 Å². The number of amides is 1. The van der Waals surface area contributed by atoms with E-state index in [0.29, 0.717) is 39.3 Å². The minimum Gasteiger partial charge on any atom is -0.497 e. The number of methoxy groups -OCH3 is 3. The van der Waals surface area contributed by atoms with Crippen molar-refractivity contribution in [2.75, 3.05) is 26.6 Å². The first-order valence-electron chi connectivity index (χ1n) is 8.63. The van der Waals surface area contributed by atoms with E-state index in [1.807, 2.05) is 13.8 Å². The second kappa shape index (κ2) is 9.90. The summed E-state index contributed by atoms with van der Waals surface area (Å²) in [7, 11) is 4.62. The number of carbonyl (C=O) groups excluding carboxylic acids is 1. The maximum atomic E-state index is 12.3. The number of anilines is 1. The van der Waals surface area contributed by atoms with Gasteiger partial charge in [-0.3, -0.25) is 4.79 Å². The molecule has 0 radical (unpaired) electrons. The summed E-state index contributed by atoms with van der Waals surface area (Å²) in [6.45, 7) is 3.81. The lowest BCUT2D eigenvalue weighted by Gasteiger charge is -2.15. The number of rotatable bonds is 8. The quantitative estimate of drug-likeness (QED) is 0.639. The molecular formula is C21H24ClNO5. The van der Waals surface area contributed by atoms with Crippen LogP contribution in [0.1, 0.15) is 19.4 Å². The molecule has 28 heavy (non-hydrogen) atoms. The van der Waals surface area contributed by atoms with Crippen molar-refractivity contribution in [2.45, 2.75) is 20.0 Å². The molecule has 2 rings (SSSR count). The molecular weight excluding hydrogens is 382 g/mol. The van der Waals surface area contributed by atoms with E-state index >= 15 is 0 Å². The van der Waals surface area contributed by atoms with Gasteiger partial charge in [0.25, 0.3) is 0 Å². The van der Waals surface area contributed by atoms with Crippen LogP contribution in [0, 0.1) is 0 Å². The van der Waals surface area contributed by atoms with Crippen LogP contribution in [0.4, 0.5) is 5.69 Å². The van der Waals surface area contributed by atoms with Crippen LogP contribution in [0.15, 0.2) is 36.4 Å². The van der Waals surface area contributed by atoms with Crippen molar-refractivity contribution in [1.29, 1.82) is 0 Å². The number of hydrogen-bond acceptors (Lipinski definition) is 5. The molecule has 0 saturated heterocycles. The van der Waals surface area contributed by atoms with Gasteiger partial charge in [-0.25, -0.2) is 0 Å². The summed E-state index contributed by atoms with van der Waals surface area (Å²) in [5.41, 5.74) is 1.21. The number of carbonyl (C=O) groups is 1. The summed E-state index contributed by atoms with van der Waals surface area (Å²) in [6, 6.07) is 8.61. The predicted octanol–water partition coefficient (Wildman–Crippen LogP) is 4.80. The van der Waals surface area contributed by atoms with Gasteiger partial charge < -0.3 is 24.3 Å². The minimum absolute atomic E-state index is 0.0450. The van der Waals surface area contributed by atoms with Crippen molar-refractivity contribution in [3.05, 3.63) is 47.0 Å². The fraction of sp³-hybridized carbons (Fsp3) is 0.286. The van der Waals surface area contributed by atoms with Crippen LogP contribution in [0.3, 0.4) is 0 Å². The third-order valence-corrected chi connectivity index (χ3v) is 3.98. The average molecular weight is 406 g/mol. The van der Waals surface area contributed by atoms with Crippen molar-refractivity contribution in [1.82, 2.24) is 0 Å². The summed E-state index contributed by atoms with van der Waals surface area (Å²) >= 11 is 6.31. The molecule has 0 atom stereocenters. The van der Waals surface area contributed by atoms with E-state index in [9.17, 15) is 4.79 Å². The summed E-state index contributed by atoms with van der Waals surface area (Å²) in [5, 5.41) is 3.17. The van der Waals surface area contributed by atoms with Gasteiger partial charge in [0.1, 0.15) is 11.5 Å². The van der Waals surface area contributed by atoms with Gasteiger partial charge in [-0.2, -0.15) is 0 Å². The van der Waals surface area contributed by atoms with E-state index in [4.69, 9.17) is 30.5 Å². The average Bonchev–Trinajstić information content (AvgIpc) is 2.67. The lowest BCUT2D eigenvalue weighted by atomic mass is 10.1. The molecule has 2 aromatic rings. The first-order valence-corrected chi connectivity index (χ1v) is 9.01. The van der Waals surface area contributed by atoms with Gasteiger partial charge in [-0.15, -0.1) is 0 Å². The van der Waals surface area contributed by atoms with Gasteiger partial charge in [0.2, 0.25) is 5.91 Å². The highest BCUT2D eigenvalue weighted by molar-refractivity contribution is 6.32. The summed E-state index contributed by atoms with van der Waals surface area (Å²) in [4.78, 5) is 12.3. The number of hydrogen-bond donors (Lipinski definition) is 1. The number of nitrogens with one attached hydrogen (secondary N) is 1. The van der Waals surface area contributed by atoms with E-state index < -0.39 is 0 Å². The van der Waals surface area contributed by atoms with Crippen molar-refractivity contribution in [2.24, 2.45) is 0 Å². The smallest absolute Gasteiger partial charge is 0.248 e. The molecule has 0 aliphatic carbocycles. The molecule has 6 nitrogen and oxygen atoms in total. The predicted molar refractivity (Wildman–Crippen MR) is 111 cm³/mol. The Bertz CT molecular complexity index is 864. The Balaban J connectivity index is 2.19. The van der Waals surface area contributed by atoms with Gasteiger partial charge in [-0.1, -0.05) is 11.6 Å². The second-order valence-corrected chi connectivity index (χ2v) is 6.50. The van der Waals surface area contributed by atoms with E-state index in [-0.39, 0.29) is 12.0 Å². The largest absolute Gasteiger partial charge is 0.497 e. The lowest BCUT2D eigenvalue weighted by molar-refractivity contribution is -0.111. The van der Waals surface area contributed by atoms with Gasteiger partial charge in [-0.05, 0) is 49.8 Å². The van der Waals surface area contributed by atoms with Crippen LogP contribution in [0.25, 0.3) is 6.08 Å². The zero-order chi connectivity index (χ0) is 20.7. The van der Waals surface area contributed by atoms with Crippen LogP contribution in [-0.2, 0) is 4.79 Å². The van der Waals surface area contributed by atoms with Crippen LogP contribution < -0.4 is 24.3 Å². The topological polar surface area (TPSA) is 66.0 Å². The van der Waals surface area contributed by atoms with Crippen molar-refractivity contribution in [3.63, 3.8) is 0 Å². The van der Waals surface area contributed by atoms with E-state index in [2.05, 4.69) is 5.32 Å². The first-order chi connectivity index (χ1) is 13.4. The molecule has 150 valence electrons. The highest BCUT2D eigenvalue weighted by Gasteiger charge is 2.13. The van der Waals surface area contributed by atoms with Crippen LogP contribution in [-0.4, -0.2) is 33.3 Å². The molecule has 0 aliphatic heterocycles. The third-order valence-electron chi connectivity index (χ3n) is 3.70. The highest BCUT2D eigenvalue weighted by Crippen LogP contribution is 2.37. The molecule has 0 bridgehead atoms. The van der Waals surface area contributed by atoms with E-state index in [1.54, 1.807) is 43.5 Å². The molecule has 2 aromatic carbocycles. The lowest BCUT2D eigenvalue weighted by Crippen LogP contribution is -2.09. The molecule has 1 amide bonds. The maximum Gasteiger partial charge on any atom is 0.248 e. The Morgan fingerprint density at radius 1 is 1.04 bits per heavy atom. The maximum absolute atomic E-state index is 12.3. The zero-order valence-electron chi connectivity index (χ0n) is 16.5. The summed E-state index contributed by atoms with van der Waals surface area (Å²) < 4.78 is 21.5. The SMILES string of the molecule is COc1ccc(OC)c(NC(=O)/C=C/c2cc(Cl)c(OC(C)C)c(OC)c2)c1. The van der Waals surface area contributed by atoms with Crippen molar-refractivity contribution < 1.29 is 23.7 Å². The van der Waals surface area contributed by atoms with Crippen LogP contribution >= 0.6 is 11.6 Å². The highest BCUT2D eigenvalue weighted by atomic mass is 35.5. The molecule has 0 fully saturated rings. The fourth-order valence-electron chi connectivity index (χ4n) is 2.44. The number of benzene rings is 2. The normalized spacial score (nSPS) is 10.8. The minimum atomic E-state index is -0.329. The van der Waals surface area contributed by atoms with E-state index in [0.717, 1.165) is 0 Å². The van der Waals surface area contributed by atoms with E-state index in [1.165, 1.54) is 20.3 Å². The first kappa shape index (κ1) is 21.4. The zero-order valence-corrected chi connectivity index (χ0v) is 17.3. The Morgan fingerprint density at radius 3 is 2.36 bits per heavy atom. The van der Waals surface area contributed by atoms with Crippen LogP contribution in [0.5, 0.6) is 23.0 Å². The Labute approximate surface area is 170 Å². The Hall–Kier alpha value is -2.86. The fourth-order valence-corrected chi connectivity index (χ4v) is 2.71. The van der Waals surface area contributed by atoms with Crippen LogP contribution in [0.2, 0.25) is 5.02 Å². The molecule has 7 heteroatoms. The standard InChI is InChI=1S/C21H24ClNO5/c1-13(2)28-21-16(22)10-14(11-19(21)27-5)6-9-20(24)23-17-12-15(25-3)7-8-18(17)26-4/h6-13H,1-5H3,(H,23,24)/b9-6+. The molecule has 0 aromatic heterocycles. The van der Waals surface area contributed by atoms with Gasteiger partial charge >= 0.3 is 0 Å². The molecule has 0 aliphatic rings. The summed E-state index contributed by atoms with van der Waals surface area (Å²) in [6.07, 6.45) is 2.99. The summed E-state index contributed by atoms with van der Waals surface area (Å²) in [5.74, 6) is 1.78. The number of halogens is 1. The monoisotopic (exact) mass is 405 g/mol. The molecule has 0 unspecified atom stereocenters. The van der Waals surface area contributed by atoms with Gasteiger partial charge in [0.15, 0.2) is 11.5 Å². The Morgan fingerprint density at radius 2 is 1.75 bits per heavy atom. The third kappa shape index (κ3) is 5.57. The number of ether oxygens (including phenoxy) is 4. The molecule has 0 spiro atoms. The van der Waals surface area contributed by atoms with Gasteiger partial charge in [0, 0.05) is 12.1 Å². The molecule has 1 N–H and O–H groups in total. The van der Waals surface area contributed by atoms with Crippen molar-refractivity contribution in [3.8, 4) is 23.0 Å². The molecule has 0 heterocycles. The Kier molecular flexibility index (Phi) is 7.58. The molecule has 0 saturated carbocycles. The second-order valence-electron chi connectivity index (χ2n) is 6.09. The van der Waals surface area contributed by atoms with Crippen molar-refractivity contribution >= 4 is 29.3 Å².